The Kier molecular flexibility index (Phi) is 6.29. The topological polar surface area (TPSA) is 76.0 Å². The Balaban J connectivity index is 1.73. The van der Waals surface area contributed by atoms with Crippen LogP contribution in [0.5, 0.6) is 0 Å². The van der Waals surface area contributed by atoms with E-state index in [2.05, 4.69) is 36.5 Å². The number of hydrogen-bond acceptors (Lipinski definition) is 3. The lowest BCUT2D eigenvalue weighted by atomic mass is 9.87. The van der Waals surface area contributed by atoms with Gasteiger partial charge in [0.15, 0.2) is 0 Å². The summed E-state index contributed by atoms with van der Waals surface area (Å²) in [5, 5.41) is 10.2. The summed E-state index contributed by atoms with van der Waals surface area (Å²) in [7, 11) is 1.86. The van der Waals surface area contributed by atoms with Crippen molar-refractivity contribution in [3.63, 3.8) is 0 Å². The third-order valence-electron chi connectivity index (χ3n) is 5.46. The Morgan fingerprint density at radius 3 is 2.03 bits per heavy atom. The molecular formula is C25H30N4O2. The summed E-state index contributed by atoms with van der Waals surface area (Å²) in [6.45, 7) is 10.2. The van der Waals surface area contributed by atoms with Crippen molar-refractivity contribution >= 4 is 23.2 Å². The SMILES string of the molecule is Cc1nn(C)c(C)c1CC(=O)Nc1ccccc1NC(=O)c1ccc(C(C)(C)C)cc1. The van der Waals surface area contributed by atoms with Crippen LogP contribution in [0.2, 0.25) is 0 Å². The summed E-state index contributed by atoms with van der Waals surface area (Å²) < 4.78 is 1.77. The highest BCUT2D eigenvalue weighted by Crippen LogP contribution is 2.25. The largest absolute Gasteiger partial charge is 0.324 e. The van der Waals surface area contributed by atoms with E-state index in [0.717, 1.165) is 22.5 Å². The van der Waals surface area contributed by atoms with Gasteiger partial charge in [0.2, 0.25) is 5.91 Å². The standard InChI is InChI=1S/C25H30N4O2/c1-16-20(17(2)29(6)28-16)15-23(30)26-21-9-7-8-10-22(21)27-24(31)18-11-13-19(14-12-18)25(3,4)5/h7-14H,15H2,1-6H3,(H,26,30)(H,27,31). The summed E-state index contributed by atoms with van der Waals surface area (Å²) in [4.78, 5) is 25.4. The van der Waals surface area contributed by atoms with Crippen molar-refractivity contribution in [2.24, 2.45) is 7.05 Å². The molecule has 6 heteroatoms. The number of aryl methyl sites for hydroxylation is 2. The number of para-hydroxylation sites is 2. The van der Waals surface area contributed by atoms with Gasteiger partial charge in [0.25, 0.3) is 5.91 Å². The highest BCUT2D eigenvalue weighted by molar-refractivity contribution is 6.07. The average molecular weight is 419 g/mol. The maximum absolute atomic E-state index is 12.8. The van der Waals surface area contributed by atoms with Crippen LogP contribution in [0.3, 0.4) is 0 Å². The molecule has 0 atom stereocenters. The van der Waals surface area contributed by atoms with E-state index in [4.69, 9.17) is 0 Å². The molecule has 3 aromatic rings. The van der Waals surface area contributed by atoms with Crippen molar-refractivity contribution in [1.82, 2.24) is 9.78 Å². The number of nitrogens with one attached hydrogen (secondary N) is 2. The van der Waals surface area contributed by atoms with E-state index in [1.807, 2.05) is 57.3 Å². The summed E-state index contributed by atoms with van der Waals surface area (Å²) >= 11 is 0. The number of hydrogen-bond donors (Lipinski definition) is 2. The highest BCUT2D eigenvalue weighted by Gasteiger charge is 2.17. The summed E-state index contributed by atoms with van der Waals surface area (Å²) in [6, 6.07) is 14.8. The van der Waals surface area contributed by atoms with Gasteiger partial charge in [0, 0.05) is 23.9 Å². The van der Waals surface area contributed by atoms with Gasteiger partial charge in [0.1, 0.15) is 0 Å². The van der Waals surface area contributed by atoms with Gasteiger partial charge in [0.05, 0.1) is 23.5 Å². The number of nitrogens with zero attached hydrogens (tertiary/aromatic N) is 2. The third kappa shape index (κ3) is 5.20. The number of amides is 2. The molecule has 0 saturated heterocycles. The first-order valence-corrected chi connectivity index (χ1v) is 10.4. The number of anilines is 2. The van der Waals surface area contributed by atoms with Gasteiger partial charge in [-0.25, -0.2) is 0 Å². The fourth-order valence-corrected chi connectivity index (χ4v) is 3.45. The molecule has 0 unspecified atom stereocenters. The molecule has 0 spiro atoms. The lowest BCUT2D eigenvalue weighted by Crippen LogP contribution is -2.18. The molecule has 0 fully saturated rings. The molecule has 1 aromatic heterocycles. The first kappa shape index (κ1) is 22.3. The normalized spacial score (nSPS) is 11.3. The van der Waals surface area contributed by atoms with Crippen molar-refractivity contribution in [2.75, 3.05) is 10.6 Å². The molecule has 6 nitrogen and oxygen atoms in total. The number of carbonyl (C=O) groups is 2. The minimum atomic E-state index is -0.221. The highest BCUT2D eigenvalue weighted by atomic mass is 16.2. The molecule has 0 radical (unpaired) electrons. The van der Waals surface area contributed by atoms with Crippen LogP contribution in [0.1, 0.15) is 53.6 Å². The molecule has 0 aliphatic rings. The monoisotopic (exact) mass is 418 g/mol. The number of aromatic nitrogens is 2. The Morgan fingerprint density at radius 2 is 1.52 bits per heavy atom. The predicted molar refractivity (Wildman–Crippen MR) is 125 cm³/mol. The first-order valence-electron chi connectivity index (χ1n) is 10.4. The van der Waals surface area contributed by atoms with Crippen molar-refractivity contribution in [3.8, 4) is 0 Å². The Hall–Kier alpha value is -3.41. The van der Waals surface area contributed by atoms with E-state index in [1.165, 1.54) is 0 Å². The molecule has 2 aromatic carbocycles. The Bertz CT molecular complexity index is 1110. The fourth-order valence-electron chi connectivity index (χ4n) is 3.45. The molecule has 0 aliphatic carbocycles. The maximum atomic E-state index is 12.8. The van der Waals surface area contributed by atoms with Crippen LogP contribution in [-0.4, -0.2) is 21.6 Å². The second kappa shape index (κ2) is 8.76. The summed E-state index contributed by atoms with van der Waals surface area (Å²) in [5.41, 5.74) is 5.60. The van der Waals surface area contributed by atoms with Gasteiger partial charge in [-0.3, -0.25) is 14.3 Å². The number of benzene rings is 2. The van der Waals surface area contributed by atoms with E-state index >= 15 is 0 Å². The zero-order chi connectivity index (χ0) is 22.8. The van der Waals surface area contributed by atoms with Crippen LogP contribution in [-0.2, 0) is 23.7 Å². The second-order valence-corrected chi connectivity index (χ2v) is 8.82. The molecular weight excluding hydrogens is 388 g/mol. The molecule has 2 N–H and O–H groups in total. The van der Waals surface area contributed by atoms with Gasteiger partial charge in [-0.2, -0.15) is 5.10 Å². The molecule has 31 heavy (non-hydrogen) atoms. The van der Waals surface area contributed by atoms with Gasteiger partial charge in [-0.15, -0.1) is 0 Å². The van der Waals surface area contributed by atoms with Crippen LogP contribution < -0.4 is 10.6 Å². The van der Waals surface area contributed by atoms with Gasteiger partial charge >= 0.3 is 0 Å². The lowest BCUT2D eigenvalue weighted by molar-refractivity contribution is -0.115. The van der Waals surface area contributed by atoms with E-state index in [9.17, 15) is 9.59 Å². The van der Waals surface area contributed by atoms with Crippen LogP contribution in [0.4, 0.5) is 11.4 Å². The maximum Gasteiger partial charge on any atom is 0.255 e. The van der Waals surface area contributed by atoms with Crippen LogP contribution in [0, 0.1) is 13.8 Å². The molecule has 0 bridgehead atoms. The molecule has 162 valence electrons. The third-order valence-corrected chi connectivity index (χ3v) is 5.46. The van der Waals surface area contributed by atoms with Crippen molar-refractivity contribution in [2.45, 2.75) is 46.5 Å². The van der Waals surface area contributed by atoms with Gasteiger partial charge < -0.3 is 10.6 Å². The smallest absolute Gasteiger partial charge is 0.255 e. The summed E-state index contributed by atoms with van der Waals surface area (Å²) in [6.07, 6.45) is 0.224. The quantitative estimate of drug-likeness (QED) is 0.627. The molecule has 0 aliphatic heterocycles. The zero-order valence-corrected chi connectivity index (χ0v) is 19.0. The zero-order valence-electron chi connectivity index (χ0n) is 19.0. The van der Waals surface area contributed by atoms with E-state index in [0.29, 0.717) is 16.9 Å². The second-order valence-electron chi connectivity index (χ2n) is 8.82. The molecule has 1 heterocycles. The molecule has 0 saturated carbocycles. The Morgan fingerprint density at radius 1 is 0.935 bits per heavy atom. The molecule has 2 amide bonds. The summed E-state index contributed by atoms with van der Waals surface area (Å²) in [5.74, 6) is -0.378. The average Bonchev–Trinajstić information content (AvgIpc) is 2.95. The van der Waals surface area contributed by atoms with E-state index in [1.54, 1.807) is 16.8 Å². The Labute approximate surface area is 183 Å². The number of rotatable bonds is 5. The van der Waals surface area contributed by atoms with Crippen LogP contribution in [0.15, 0.2) is 48.5 Å². The van der Waals surface area contributed by atoms with E-state index in [-0.39, 0.29) is 23.7 Å². The number of carbonyl (C=O) groups excluding carboxylic acids is 2. The lowest BCUT2D eigenvalue weighted by Gasteiger charge is -2.19. The minimum Gasteiger partial charge on any atom is -0.324 e. The van der Waals surface area contributed by atoms with Crippen LogP contribution >= 0.6 is 0 Å². The van der Waals surface area contributed by atoms with Gasteiger partial charge in [-0.1, -0.05) is 45.0 Å². The first-order chi connectivity index (χ1) is 14.6. The molecule has 3 rings (SSSR count). The van der Waals surface area contributed by atoms with Crippen molar-refractivity contribution in [1.29, 1.82) is 0 Å². The van der Waals surface area contributed by atoms with E-state index < -0.39 is 0 Å². The minimum absolute atomic E-state index is 0.0247. The fraction of sp³-hybridized carbons (Fsp3) is 0.320. The van der Waals surface area contributed by atoms with Crippen LogP contribution in [0.25, 0.3) is 0 Å². The van der Waals surface area contributed by atoms with Crippen molar-refractivity contribution < 1.29 is 9.59 Å². The van der Waals surface area contributed by atoms with Gasteiger partial charge in [-0.05, 0) is 49.1 Å². The predicted octanol–water partition coefficient (Wildman–Crippen LogP) is 4.77. The van der Waals surface area contributed by atoms with Crippen molar-refractivity contribution in [3.05, 3.63) is 76.6 Å².